The average molecular weight is 386 g/mol. The highest BCUT2D eigenvalue weighted by Crippen LogP contribution is 2.28. The molecule has 2 heterocycles. The van der Waals surface area contributed by atoms with Gasteiger partial charge in [-0.2, -0.15) is 0 Å². The topological polar surface area (TPSA) is 58.1 Å². The number of rotatable bonds is 4. The van der Waals surface area contributed by atoms with E-state index in [0.717, 1.165) is 30.6 Å². The van der Waals surface area contributed by atoms with Crippen molar-refractivity contribution in [3.63, 3.8) is 0 Å². The van der Waals surface area contributed by atoms with Crippen LogP contribution in [0.4, 0.5) is 5.82 Å². The highest BCUT2D eigenvalue weighted by atomic mass is 16.1. The van der Waals surface area contributed by atoms with Gasteiger partial charge in [0.1, 0.15) is 11.4 Å². The van der Waals surface area contributed by atoms with Gasteiger partial charge in [0.25, 0.3) is 5.91 Å². The lowest BCUT2D eigenvalue weighted by Crippen LogP contribution is -2.36. The molecule has 4 rings (SSSR count). The monoisotopic (exact) mass is 386 g/mol. The van der Waals surface area contributed by atoms with E-state index in [2.05, 4.69) is 58.5 Å². The van der Waals surface area contributed by atoms with Crippen molar-refractivity contribution in [2.24, 2.45) is 0 Å². The lowest BCUT2D eigenvalue weighted by Gasteiger charge is -2.31. The third kappa shape index (κ3) is 4.14. The molecule has 148 valence electrons. The second kappa shape index (κ2) is 8.03. The van der Waals surface area contributed by atoms with Gasteiger partial charge in [0.05, 0.1) is 0 Å². The Balaban J connectivity index is 1.76. The maximum absolute atomic E-state index is 12.8. The second-order valence-electron chi connectivity index (χ2n) is 7.87. The standard InChI is InChI=1S/C24H26N4O/c1-16(2)26-24(29)21-14-25-22(19-10-6-7-17(3)13-19)27-23(21)28-12-11-18-8-4-5-9-20(18)15-28/h4-10,13-14,16H,11-12,15H2,1-3H3,(H,26,29). The van der Waals surface area contributed by atoms with Gasteiger partial charge in [-0.25, -0.2) is 9.97 Å². The summed E-state index contributed by atoms with van der Waals surface area (Å²) in [7, 11) is 0. The number of aromatic nitrogens is 2. The fraction of sp³-hybridized carbons (Fsp3) is 0.292. The molecular formula is C24H26N4O. The molecule has 0 saturated heterocycles. The summed E-state index contributed by atoms with van der Waals surface area (Å²) in [4.78, 5) is 24.4. The van der Waals surface area contributed by atoms with E-state index in [-0.39, 0.29) is 11.9 Å². The van der Waals surface area contributed by atoms with E-state index in [1.165, 1.54) is 11.1 Å². The molecule has 0 unspecified atom stereocenters. The number of nitrogens with one attached hydrogen (secondary N) is 1. The summed E-state index contributed by atoms with van der Waals surface area (Å²) in [5.41, 5.74) is 5.28. The molecule has 5 nitrogen and oxygen atoms in total. The van der Waals surface area contributed by atoms with Crippen LogP contribution in [0.3, 0.4) is 0 Å². The predicted molar refractivity (Wildman–Crippen MR) is 116 cm³/mol. The Bertz CT molecular complexity index is 1040. The van der Waals surface area contributed by atoms with E-state index in [4.69, 9.17) is 4.98 Å². The summed E-state index contributed by atoms with van der Waals surface area (Å²) in [6.07, 6.45) is 2.60. The smallest absolute Gasteiger partial charge is 0.256 e. The van der Waals surface area contributed by atoms with Crippen LogP contribution in [0.2, 0.25) is 0 Å². The van der Waals surface area contributed by atoms with Crippen LogP contribution in [-0.4, -0.2) is 28.5 Å². The van der Waals surface area contributed by atoms with Crippen molar-refractivity contribution in [2.75, 3.05) is 11.4 Å². The molecule has 0 atom stereocenters. The number of carbonyl (C=O) groups is 1. The summed E-state index contributed by atoms with van der Waals surface area (Å²) in [6, 6.07) is 16.7. The van der Waals surface area contributed by atoms with Gasteiger partial charge in [0.15, 0.2) is 5.82 Å². The molecule has 0 bridgehead atoms. The van der Waals surface area contributed by atoms with E-state index in [1.54, 1.807) is 6.20 Å². The van der Waals surface area contributed by atoms with Crippen molar-refractivity contribution in [2.45, 2.75) is 39.8 Å². The van der Waals surface area contributed by atoms with Crippen molar-refractivity contribution >= 4 is 11.7 Å². The lowest BCUT2D eigenvalue weighted by atomic mass is 9.99. The van der Waals surface area contributed by atoms with Crippen molar-refractivity contribution in [1.29, 1.82) is 0 Å². The van der Waals surface area contributed by atoms with Gasteiger partial charge in [0.2, 0.25) is 0 Å². The molecule has 5 heteroatoms. The molecule has 0 saturated carbocycles. The van der Waals surface area contributed by atoms with Crippen molar-refractivity contribution in [3.05, 3.63) is 77.0 Å². The van der Waals surface area contributed by atoms with Gasteiger partial charge >= 0.3 is 0 Å². The molecule has 0 spiro atoms. The average Bonchev–Trinajstić information content (AvgIpc) is 2.72. The Morgan fingerprint density at radius 3 is 2.66 bits per heavy atom. The fourth-order valence-electron chi connectivity index (χ4n) is 3.71. The Morgan fingerprint density at radius 1 is 1.10 bits per heavy atom. The minimum absolute atomic E-state index is 0.0499. The van der Waals surface area contributed by atoms with Gasteiger partial charge in [-0.1, -0.05) is 48.0 Å². The second-order valence-corrected chi connectivity index (χ2v) is 7.87. The third-order valence-electron chi connectivity index (χ3n) is 5.14. The van der Waals surface area contributed by atoms with Crippen molar-refractivity contribution in [1.82, 2.24) is 15.3 Å². The Kier molecular flexibility index (Phi) is 5.30. The number of hydrogen-bond donors (Lipinski definition) is 1. The number of fused-ring (bicyclic) bond motifs is 1. The normalized spacial score (nSPS) is 13.3. The predicted octanol–water partition coefficient (Wildman–Crippen LogP) is 4.15. The van der Waals surface area contributed by atoms with Gasteiger partial charge in [-0.15, -0.1) is 0 Å². The van der Waals surface area contributed by atoms with Crippen LogP contribution >= 0.6 is 0 Å². The largest absolute Gasteiger partial charge is 0.351 e. The van der Waals surface area contributed by atoms with Crippen LogP contribution in [0.25, 0.3) is 11.4 Å². The summed E-state index contributed by atoms with van der Waals surface area (Å²) >= 11 is 0. The van der Waals surface area contributed by atoms with E-state index < -0.39 is 0 Å². The van der Waals surface area contributed by atoms with Gasteiger partial charge in [0, 0.05) is 30.9 Å². The molecule has 1 N–H and O–H groups in total. The van der Waals surface area contributed by atoms with Crippen molar-refractivity contribution < 1.29 is 4.79 Å². The Labute approximate surface area is 171 Å². The molecule has 1 aliphatic heterocycles. The molecule has 0 aliphatic carbocycles. The quantitative estimate of drug-likeness (QED) is 0.732. The van der Waals surface area contributed by atoms with Crippen LogP contribution in [0, 0.1) is 6.92 Å². The van der Waals surface area contributed by atoms with E-state index in [9.17, 15) is 4.79 Å². The van der Waals surface area contributed by atoms with Gasteiger partial charge < -0.3 is 10.2 Å². The highest BCUT2D eigenvalue weighted by molar-refractivity contribution is 5.99. The number of aryl methyl sites for hydroxylation is 1. The SMILES string of the molecule is Cc1cccc(-c2ncc(C(=O)NC(C)C)c(N3CCc4ccccc4C3)n2)c1. The first-order chi connectivity index (χ1) is 14.0. The van der Waals surface area contributed by atoms with E-state index >= 15 is 0 Å². The van der Waals surface area contributed by atoms with Gasteiger partial charge in [-0.05, 0) is 44.4 Å². The number of nitrogens with zero attached hydrogens (tertiary/aromatic N) is 3. The zero-order valence-corrected chi connectivity index (χ0v) is 17.1. The first kappa shape index (κ1) is 19.1. The number of hydrogen-bond acceptors (Lipinski definition) is 4. The maximum atomic E-state index is 12.8. The molecule has 3 aromatic rings. The van der Waals surface area contributed by atoms with Crippen LogP contribution < -0.4 is 10.2 Å². The number of amides is 1. The molecule has 1 aliphatic rings. The fourth-order valence-corrected chi connectivity index (χ4v) is 3.71. The summed E-state index contributed by atoms with van der Waals surface area (Å²) < 4.78 is 0. The summed E-state index contributed by atoms with van der Waals surface area (Å²) in [5.74, 6) is 1.21. The van der Waals surface area contributed by atoms with Crippen LogP contribution in [0.15, 0.2) is 54.7 Å². The van der Waals surface area contributed by atoms with Crippen LogP contribution in [0.5, 0.6) is 0 Å². The van der Waals surface area contributed by atoms with Crippen LogP contribution in [-0.2, 0) is 13.0 Å². The summed E-state index contributed by atoms with van der Waals surface area (Å²) in [5, 5.41) is 2.98. The third-order valence-corrected chi connectivity index (χ3v) is 5.14. The Morgan fingerprint density at radius 2 is 1.90 bits per heavy atom. The van der Waals surface area contributed by atoms with Gasteiger partial charge in [-0.3, -0.25) is 4.79 Å². The highest BCUT2D eigenvalue weighted by Gasteiger charge is 2.24. The molecule has 0 radical (unpaired) electrons. The molecule has 0 fully saturated rings. The zero-order valence-electron chi connectivity index (χ0n) is 17.1. The Hall–Kier alpha value is -3.21. The molecular weight excluding hydrogens is 360 g/mol. The lowest BCUT2D eigenvalue weighted by molar-refractivity contribution is 0.0943. The van der Waals surface area contributed by atoms with Crippen molar-refractivity contribution in [3.8, 4) is 11.4 Å². The molecule has 29 heavy (non-hydrogen) atoms. The van der Waals surface area contributed by atoms with E-state index in [1.807, 2.05) is 26.0 Å². The number of benzene rings is 2. The number of carbonyl (C=O) groups excluding carboxylic acids is 1. The van der Waals surface area contributed by atoms with E-state index in [0.29, 0.717) is 17.2 Å². The first-order valence-corrected chi connectivity index (χ1v) is 10.1. The summed E-state index contributed by atoms with van der Waals surface area (Å²) in [6.45, 7) is 7.52. The molecule has 1 aromatic heterocycles. The minimum Gasteiger partial charge on any atom is -0.351 e. The van der Waals surface area contributed by atoms with Crippen LogP contribution in [0.1, 0.15) is 40.9 Å². The zero-order chi connectivity index (χ0) is 20.4. The maximum Gasteiger partial charge on any atom is 0.256 e. The molecule has 2 aromatic carbocycles. The minimum atomic E-state index is -0.135. The number of anilines is 1. The first-order valence-electron chi connectivity index (χ1n) is 10.1. The molecule has 1 amide bonds.